The van der Waals surface area contributed by atoms with Gasteiger partial charge in [0.15, 0.2) is 0 Å². The molecule has 8 nitrogen and oxygen atoms in total. The van der Waals surface area contributed by atoms with Crippen LogP contribution < -0.4 is 4.72 Å². The normalized spacial score (nSPS) is 13.2. The van der Waals surface area contributed by atoms with E-state index in [4.69, 9.17) is 5.11 Å². The first kappa shape index (κ1) is 17.5. The van der Waals surface area contributed by atoms with Gasteiger partial charge in [-0.1, -0.05) is 0 Å². The summed E-state index contributed by atoms with van der Waals surface area (Å²) >= 11 is 0. The Labute approximate surface area is 122 Å². The third kappa shape index (κ3) is 3.76. The Bertz CT molecular complexity index is 656. The molecule has 1 atom stereocenters. The molecule has 0 saturated carbocycles. The predicted octanol–water partition coefficient (Wildman–Crippen LogP) is 0.152. The van der Waals surface area contributed by atoms with Gasteiger partial charge in [-0.2, -0.15) is 0 Å². The van der Waals surface area contributed by atoms with Gasteiger partial charge in [0.2, 0.25) is 10.0 Å². The Hall–Kier alpha value is -1.55. The third-order valence-corrected chi connectivity index (χ3v) is 4.74. The molecular weight excluding hydrogens is 300 g/mol. The van der Waals surface area contributed by atoms with E-state index in [-0.39, 0.29) is 22.7 Å². The van der Waals surface area contributed by atoms with Crippen molar-refractivity contribution in [3.63, 3.8) is 0 Å². The Morgan fingerprint density at radius 2 is 1.90 bits per heavy atom. The maximum absolute atomic E-state index is 12.3. The van der Waals surface area contributed by atoms with E-state index in [0.717, 1.165) is 0 Å². The second kappa shape index (κ2) is 6.48. The number of benzene rings is 1. The molecule has 9 heteroatoms. The molecule has 1 unspecified atom stereocenters. The number of nitrogens with zero attached hydrogens (tertiary/aromatic N) is 1. The maximum atomic E-state index is 12.3. The van der Waals surface area contributed by atoms with Crippen molar-refractivity contribution in [3.05, 3.63) is 32.9 Å². The number of aryl methyl sites for hydroxylation is 2. The van der Waals surface area contributed by atoms with Gasteiger partial charge in [0.05, 0.1) is 22.5 Å². The number of rotatable bonds is 6. The molecule has 21 heavy (non-hydrogen) atoms. The average Bonchev–Trinajstić information content (AvgIpc) is 2.34. The van der Waals surface area contributed by atoms with Gasteiger partial charge in [-0.05, 0) is 32.4 Å². The van der Waals surface area contributed by atoms with Gasteiger partial charge in [0, 0.05) is 17.7 Å². The molecule has 0 radical (unpaired) electrons. The van der Waals surface area contributed by atoms with Crippen LogP contribution in [0.3, 0.4) is 0 Å². The fourth-order valence-electron chi connectivity index (χ4n) is 2.19. The molecule has 0 bridgehead atoms. The van der Waals surface area contributed by atoms with Crippen LogP contribution in [0.4, 0.5) is 5.69 Å². The lowest BCUT2D eigenvalue weighted by atomic mass is 10.1. The minimum Gasteiger partial charge on any atom is -0.394 e. The number of hydrogen-bond acceptors (Lipinski definition) is 6. The number of nitro benzene ring substituents is 1. The van der Waals surface area contributed by atoms with Gasteiger partial charge in [-0.25, -0.2) is 13.1 Å². The smallest absolute Gasteiger partial charge is 0.276 e. The first-order valence-corrected chi connectivity index (χ1v) is 7.64. The monoisotopic (exact) mass is 318 g/mol. The number of aliphatic hydroxyl groups excluding tert-OH is 2. The summed E-state index contributed by atoms with van der Waals surface area (Å²) in [5.74, 6) is 0. The molecule has 0 aliphatic heterocycles. The van der Waals surface area contributed by atoms with Crippen LogP contribution in [0, 0.1) is 30.9 Å². The van der Waals surface area contributed by atoms with Crippen molar-refractivity contribution >= 4 is 15.7 Å². The van der Waals surface area contributed by atoms with Crippen molar-refractivity contribution in [3.8, 4) is 0 Å². The van der Waals surface area contributed by atoms with Crippen molar-refractivity contribution in [2.45, 2.75) is 31.8 Å². The van der Waals surface area contributed by atoms with Crippen LogP contribution in [0.1, 0.15) is 16.7 Å². The lowest BCUT2D eigenvalue weighted by molar-refractivity contribution is -0.386. The highest BCUT2D eigenvalue weighted by Gasteiger charge is 2.27. The van der Waals surface area contributed by atoms with Crippen molar-refractivity contribution < 1.29 is 23.6 Å². The van der Waals surface area contributed by atoms with E-state index in [1.807, 2.05) is 0 Å². The van der Waals surface area contributed by atoms with Gasteiger partial charge in [-0.15, -0.1) is 0 Å². The molecular formula is C12H18N2O6S. The topological polar surface area (TPSA) is 130 Å². The van der Waals surface area contributed by atoms with E-state index >= 15 is 0 Å². The molecule has 0 amide bonds. The lowest BCUT2D eigenvalue weighted by Gasteiger charge is -2.15. The molecule has 118 valence electrons. The highest BCUT2D eigenvalue weighted by atomic mass is 32.2. The fraction of sp³-hybridized carbons (Fsp3) is 0.500. The summed E-state index contributed by atoms with van der Waals surface area (Å²) in [6.07, 6.45) is -1.24. The Kier molecular flexibility index (Phi) is 5.40. The number of sulfonamides is 1. The van der Waals surface area contributed by atoms with Crippen LogP contribution in [-0.2, 0) is 10.0 Å². The van der Waals surface area contributed by atoms with E-state index in [2.05, 4.69) is 4.72 Å². The summed E-state index contributed by atoms with van der Waals surface area (Å²) < 4.78 is 26.6. The van der Waals surface area contributed by atoms with Crippen molar-refractivity contribution in [2.24, 2.45) is 0 Å². The van der Waals surface area contributed by atoms with Crippen LogP contribution >= 0.6 is 0 Å². The number of nitro groups is 1. The van der Waals surface area contributed by atoms with Crippen LogP contribution in [0.2, 0.25) is 0 Å². The summed E-state index contributed by atoms with van der Waals surface area (Å²) in [4.78, 5) is 10.3. The van der Waals surface area contributed by atoms with Crippen molar-refractivity contribution in [1.29, 1.82) is 0 Å². The van der Waals surface area contributed by atoms with Gasteiger partial charge >= 0.3 is 0 Å². The highest BCUT2D eigenvalue weighted by Crippen LogP contribution is 2.31. The second-order valence-electron chi connectivity index (χ2n) is 4.76. The van der Waals surface area contributed by atoms with Gasteiger partial charge in [0.25, 0.3) is 5.69 Å². The summed E-state index contributed by atoms with van der Waals surface area (Å²) in [7, 11) is -4.03. The average molecular weight is 318 g/mol. The molecule has 0 aromatic heterocycles. The summed E-state index contributed by atoms with van der Waals surface area (Å²) in [6, 6.07) is 1.43. The zero-order valence-electron chi connectivity index (χ0n) is 12.0. The molecule has 0 spiro atoms. The maximum Gasteiger partial charge on any atom is 0.276 e. The quantitative estimate of drug-likeness (QED) is 0.506. The molecule has 0 aliphatic carbocycles. The Balaban J connectivity index is 3.36. The zero-order chi connectivity index (χ0) is 16.4. The molecule has 3 N–H and O–H groups in total. The lowest BCUT2D eigenvalue weighted by Crippen LogP contribution is -2.34. The molecule has 1 aromatic carbocycles. The Morgan fingerprint density at radius 3 is 2.38 bits per heavy atom. The predicted molar refractivity (Wildman–Crippen MR) is 75.6 cm³/mol. The minimum atomic E-state index is -4.03. The van der Waals surface area contributed by atoms with E-state index < -0.39 is 27.7 Å². The van der Waals surface area contributed by atoms with Crippen LogP contribution in [-0.4, -0.2) is 42.8 Å². The van der Waals surface area contributed by atoms with E-state index in [1.165, 1.54) is 19.9 Å². The van der Waals surface area contributed by atoms with Crippen LogP contribution in [0.25, 0.3) is 0 Å². The molecule has 0 aliphatic rings. The summed E-state index contributed by atoms with van der Waals surface area (Å²) in [5.41, 5.74) is 0.554. The summed E-state index contributed by atoms with van der Waals surface area (Å²) in [5, 5.41) is 29.0. The van der Waals surface area contributed by atoms with Crippen molar-refractivity contribution in [2.75, 3.05) is 13.2 Å². The number of hydrogen-bond donors (Lipinski definition) is 3. The molecule has 0 heterocycles. The zero-order valence-corrected chi connectivity index (χ0v) is 12.8. The van der Waals surface area contributed by atoms with Crippen molar-refractivity contribution in [1.82, 2.24) is 4.72 Å². The number of nitrogens with one attached hydrogen (secondary N) is 1. The Morgan fingerprint density at radius 1 is 1.33 bits per heavy atom. The highest BCUT2D eigenvalue weighted by molar-refractivity contribution is 7.89. The van der Waals surface area contributed by atoms with Crippen LogP contribution in [0.5, 0.6) is 0 Å². The summed E-state index contributed by atoms with van der Waals surface area (Å²) in [6.45, 7) is 3.49. The largest absolute Gasteiger partial charge is 0.394 e. The van der Waals surface area contributed by atoms with E-state index in [9.17, 15) is 23.6 Å². The minimum absolute atomic E-state index is 0.0449. The second-order valence-corrected chi connectivity index (χ2v) is 6.46. The first-order valence-electron chi connectivity index (χ1n) is 6.15. The SMILES string of the molecule is Cc1cc(C)c(S(=O)(=O)NCC(O)CO)c(C)c1[N+](=O)[O-]. The molecule has 1 rings (SSSR count). The van der Waals surface area contributed by atoms with E-state index in [1.54, 1.807) is 6.92 Å². The van der Waals surface area contributed by atoms with Gasteiger partial charge < -0.3 is 10.2 Å². The standard InChI is InChI=1S/C12H18N2O6S/c1-7-4-8(2)12(9(3)11(7)14(17)18)21(19,20)13-5-10(16)6-15/h4,10,13,15-16H,5-6H2,1-3H3. The first-order chi connectivity index (χ1) is 9.61. The third-order valence-electron chi connectivity index (χ3n) is 3.03. The van der Waals surface area contributed by atoms with Crippen LogP contribution in [0.15, 0.2) is 11.0 Å². The van der Waals surface area contributed by atoms with Gasteiger partial charge in [0.1, 0.15) is 0 Å². The molecule has 1 aromatic rings. The van der Waals surface area contributed by atoms with E-state index in [0.29, 0.717) is 11.1 Å². The molecule has 0 fully saturated rings. The number of aliphatic hydroxyl groups is 2. The van der Waals surface area contributed by atoms with Gasteiger partial charge in [-0.3, -0.25) is 10.1 Å². The fourth-order valence-corrected chi connectivity index (χ4v) is 3.73. The molecule has 0 saturated heterocycles.